The molecule has 1 aliphatic carbocycles. The van der Waals surface area contributed by atoms with Crippen LogP contribution in [-0.4, -0.2) is 56.8 Å². The fourth-order valence-corrected chi connectivity index (χ4v) is 6.66. The molecule has 0 aromatic heterocycles. The van der Waals surface area contributed by atoms with Crippen LogP contribution >= 0.6 is 0 Å². The van der Waals surface area contributed by atoms with Crippen LogP contribution in [0.4, 0.5) is 4.79 Å². The van der Waals surface area contributed by atoms with E-state index in [1.54, 1.807) is 0 Å². The van der Waals surface area contributed by atoms with Gasteiger partial charge in [-0.1, -0.05) is 74.8 Å². The normalized spacial score (nSPS) is 23.7. The van der Waals surface area contributed by atoms with E-state index in [9.17, 15) is 9.59 Å². The van der Waals surface area contributed by atoms with Gasteiger partial charge in [-0.2, -0.15) is 0 Å². The number of hydrogen-bond donors (Lipinski definition) is 0. The Labute approximate surface area is 202 Å². The second-order valence-electron chi connectivity index (χ2n) is 10.8. The first kappa shape index (κ1) is 23.1. The Bertz CT molecular complexity index is 1080. The lowest BCUT2D eigenvalue weighted by molar-refractivity contribution is -0.127. The highest BCUT2D eigenvalue weighted by molar-refractivity contribution is 6.87. The van der Waals surface area contributed by atoms with Crippen molar-refractivity contribution >= 4 is 20.0 Å². The van der Waals surface area contributed by atoms with Crippen LogP contribution in [0.25, 0.3) is 11.1 Å². The molecule has 0 N–H and O–H groups in total. The number of nitrogens with zero attached hydrogens (tertiary/aromatic N) is 1. The molecule has 0 spiro atoms. The van der Waals surface area contributed by atoms with Gasteiger partial charge in [0, 0.05) is 11.8 Å². The van der Waals surface area contributed by atoms with Crippen molar-refractivity contribution in [2.75, 3.05) is 19.8 Å². The molecule has 2 bridgehead atoms. The van der Waals surface area contributed by atoms with E-state index in [1.165, 1.54) is 22.3 Å². The van der Waals surface area contributed by atoms with Crippen LogP contribution in [-0.2, 0) is 14.3 Å². The van der Waals surface area contributed by atoms with E-state index in [2.05, 4.69) is 50.5 Å². The molecule has 2 aromatic carbocycles. The topological polar surface area (TPSA) is 55.8 Å². The second kappa shape index (κ2) is 8.82. The Morgan fingerprint density at radius 3 is 2.03 bits per heavy atom. The monoisotopic (exact) mass is 475 g/mol. The van der Waals surface area contributed by atoms with Crippen LogP contribution in [0.15, 0.2) is 60.3 Å². The first-order valence-corrected chi connectivity index (χ1v) is 15.7. The van der Waals surface area contributed by atoms with Crippen molar-refractivity contribution in [2.45, 2.75) is 50.5 Å². The van der Waals surface area contributed by atoms with Gasteiger partial charge in [0.2, 0.25) is 0 Å². The third kappa shape index (κ3) is 4.03. The quantitative estimate of drug-likeness (QED) is 0.428. The third-order valence-electron chi connectivity index (χ3n) is 7.64. The van der Waals surface area contributed by atoms with Gasteiger partial charge in [-0.05, 0) is 40.3 Å². The highest BCUT2D eigenvalue weighted by Gasteiger charge is 2.45. The first-order valence-electron chi connectivity index (χ1n) is 12.2. The van der Waals surface area contributed by atoms with Gasteiger partial charge in [-0.25, -0.2) is 4.79 Å². The van der Waals surface area contributed by atoms with Crippen molar-refractivity contribution in [1.29, 1.82) is 0 Å². The largest absolute Gasteiger partial charge is 0.448 e. The van der Waals surface area contributed by atoms with Crippen LogP contribution in [0.1, 0.15) is 29.9 Å². The summed E-state index contributed by atoms with van der Waals surface area (Å²) in [5.41, 5.74) is 4.83. The first-order chi connectivity index (χ1) is 16.3. The highest BCUT2D eigenvalue weighted by atomic mass is 28.3. The van der Waals surface area contributed by atoms with Crippen molar-refractivity contribution in [1.82, 2.24) is 4.90 Å². The summed E-state index contributed by atoms with van der Waals surface area (Å²) in [5, 5.41) is 0.797. The maximum Gasteiger partial charge on any atom is 0.410 e. The molecule has 6 heteroatoms. The molecule has 5 rings (SSSR count). The third-order valence-corrected chi connectivity index (χ3v) is 9.70. The minimum absolute atomic E-state index is 0.0339. The second-order valence-corrected chi connectivity index (χ2v) is 15.9. The van der Waals surface area contributed by atoms with E-state index in [0.29, 0.717) is 32.7 Å². The predicted octanol–water partition coefficient (Wildman–Crippen LogP) is 5.42. The lowest BCUT2D eigenvalue weighted by Gasteiger charge is -2.47. The van der Waals surface area contributed by atoms with Crippen molar-refractivity contribution in [3.8, 4) is 11.1 Å². The predicted molar refractivity (Wildman–Crippen MR) is 136 cm³/mol. The number of hydrogen-bond acceptors (Lipinski definition) is 4. The SMILES string of the molecule is C=C(C(=O)C1CC2COCC(C1)N2C(=O)OCC1c2ccccc2-c2ccccc21)[Si](C)(C)C. The molecule has 2 aromatic rings. The number of amides is 1. The van der Waals surface area contributed by atoms with E-state index in [1.807, 2.05) is 29.2 Å². The molecule has 2 heterocycles. The van der Waals surface area contributed by atoms with Gasteiger partial charge in [0.1, 0.15) is 6.61 Å². The Kier molecular flexibility index (Phi) is 5.98. The average Bonchev–Trinajstić information content (AvgIpc) is 3.14. The molecular formula is C28H33NO4Si. The lowest BCUT2D eigenvalue weighted by Crippen LogP contribution is -2.60. The van der Waals surface area contributed by atoms with Crippen molar-refractivity contribution in [3.63, 3.8) is 0 Å². The summed E-state index contributed by atoms with van der Waals surface area (Å²) >= 11 is 0. The van der Waals surface area contributed by atoms with E-state index in [0.717, 1.165) is 5.20 Å². The summed E-state index contributed by atoms with van der Waals surface area (Å²) in [5.74, 6) is 0.130. The molecule has 0 radical (unpaired) electrons. The van der Waals surface area contributed by atoms with Crippen molar-refractivity contribution in [2.24, 2.45) is 5.92 Å². The van der Waals surface area contributed by atoms with Crippen molar-refractivity contribution in [3.05, 3.63) is 71.4 Å². The summed E-state index contributed by atoms with van der Waals surface area (Å²) in [6, 6.07) is 16.4. The Morgan fingerprint density at radius 1 is 0.971 bits per heavy atom. The average molecular weight is 476 g/mol. The molecule has 178 valence electrons. The molecule has 2 unspecified atom stereocenters. The van der Waals surface area contributed by atoms with Gasteiger partial charge in [0.15, 0.2) is 5.78 Å². The molecule has 1 amide bonds. The van der Waals surface area contributed by atoms with Gasteiger partial charge in [0.25, 0.3) is 0 Å². The number of piperidine rings is 1. The molecule has 0 saturated carbocycles. The zero-order valence-electron chi connectivity index (χ0n) is 20.3. The fraction of sp³-hybridized carbons (Fsp3) is 0.429. The lowest BCUT2D eigenvalue weighted by atomic mass is 9.82. The molecular weight excluding hydrogens is 442 g/mol. The fourth-order valence-electron chi connectivity index (χ4n) is 5.71. The van der Waals surface area contributed by atoms with Crippen LogP contribution < -0.4 is 0 Å². The van der Waals surface area contributed by atoms with Gasteiger partial charge < -0.3 is 9.47 Å². The number of benzene rings is 2. The minimum atomic E-state index is -1.75. The van der Waals surface area contributed by atoms with Gasteiger partial charge in [0.05, 0.1) is 33.4 Å². The number of ether oxygens (including phenoxy) is 2. The smallest absolute Gasteiger partial charge is 0.410 e. The van der Waals surface area contributed by atoms with E-state index in [4.69, 9.17) is 9.47 Å². The molecule has 5 nitrogen and oxygen atoms in total. The Morgan fingerprint density at radius 2 is 1.50 bits per heavy atom. The summed E-state index contributed by atoms with van der Waals surface area (Å²) in [6.07, 6.45) is 0.932. The van der Waals surface area contributed by atoms with E-state index < -0.39 is 8.07 Å². The maximum absolute atomic E-state index is 13.3. The zero-order valence-corrected chi connectivity index (χ0v) is 21.3. The van der Waals surface area contributed by atoms with Gasteiger partial charge in [-0.15, -0.1) is 0 Å². The zero-order chi connectivity index (χ0) is 24.0. The standard InChI is InChI=1S/C28H33NO4Si/c1-18(34(2,3)4)27(30)19-13-20-15-32-16-21(14-19)29(20)28(31)33-17-26-24-11-7-5-9-22(24)23-10-6-8-12-25(23)26/h5-12,19-21,26H,1,13-17H2,2-4H3. The molecule has 2 atom stereocenters. The van der Waals surface area contributed by atoms with Crippen LogP contribution in [0.5, 0.6) is 0 Å². The Balaban J connectivity index is 1.29. The minimum Gasteiger partial charge on any atom is -0.448 e. The molecule has 2 aliphatic heterocycles. The van der Waals surface area contributed by atoms with E-state index >= 15 is 0 Å². The number of ketones is 1. The molecule has 2 fully saturated rings. The number of carbonyl (C=O) groups is 2. The van der Waals surface area contributed by atoms with Gasteiger partial charge >= 0.3 is 6.09 Å². The van der Waals surface area contributed by atoms with Crippen LogP contribution in [0.3, 0.4) is 0 Å². The number of Topliss-reactive ketones (excluding diaryl/α,β-unsaturated/α-hetero) is 1. The summed E-state index contributed by atoms with van der Waals surface area (Å²) < 4.78 is 11.7. The number of allylic oxidation sites excluding steroid dienone is 1. The number of morpholine rings is 1. The molecule has 2 saturated heterocycles. The van der Waals surface area contributed by atoms with E-state index in [-0.39, 0.29) is 35.8 Å². The summed E-state index contributed by atoms with van der Waals surface area (Å²) in [4.78, 5) is 28.3. The number of carbonyl (C=O) groups excluding carboxylic acids is 2. The number of fused-ring (bicyclic) bond motifs is 5. The van der Waals surface area contributed by atoms with Gasteiger partial charge in [-0.3, -0.25) is 9.69 Å². The highest BCUT2D eigenvalue weighted by Crippen LogP contribution is 2.44. The summed E-state index contributed by atoms with van der Waals surface area (Å²) in [6.45, 7) is 11.8. The molecule has 34 heavy (non-hydrogen) atoms. The van der Waals surface area contributed by atoms with Crippen molar-refractivity contribution < 1.29 is 19.1 Å². The molecule has 3 aliphatic rings. The maximum atomic E-state index is 13.3. The van der Waals surface area contributed by atoms with Crippen LogP contribution in [0.2, 0.25) is 19.6 Å². The van der Waals surface area contributed by atoms with Crippen LogP contribution in [0, 0.1) is 5.92 Å². The summed E-state index contributed by atoms with van der Waals surface area (Å²) in [7, 11) is -1.75. The number of rotatable bonds is 5. The Hall–Kier alpha value is -2.70.